The third-order valence-electron chi connectivity index (χ3n) is 6.45. The maximum Gasteiger partial charge on any atom is 0.251 e. The molecule has 4 rings (SSSR count). The predicted octanol–water partition coefficient (Wildman–Crippen LogP) is 1.71. The minimum Gasteiger partial charge on any atom is -0.379 e. The molecule has 160 valence electrons. The molecule has 0 saturated carbocycles. The lowest BCUT2D eigenvalue weighted by Crippen LogP contribution is -2.41. The highest BCUT2D eigenvalue weighted by Crippen LogP contribution is 2.38. The van der Waals surface area contributed by atoms with Gasteiger partial charge in [-0.15, -0.1) is 11.3 Å². The first-order valence-electron chi connectivity index (χ1n) is 10.9. The number of rotatable bonds is 7. The van der Waals surface area contributed by atoms with Crippen molar-refractivity contribution in [3.63, 3.8) is 0 Å². The SMILES string of the molecule is NC(=O)c1c(NC(=O)CN2CCC(CCN3CCOCC3)CC2)sc2c1CCC2. The first-order valence-corrected chi connectivity index (χ1v) is 11.7. The average molecular weight is 421 g/mol. The van der Waals surface area contributed by atoms with Gasteiger partial charge in [-0.3, -0.25) is 19.4 Å². The molecule has 0 spiro atoms. The van der Waals surface area contributed by atoms with Gasteiger partial charge in [-0.25, -0.2) is 0 Å². The number of carbonyl (C=O) groups excluding carboxylic acids is 2. The lowest BCUT2D eigenvalue weighted by Gasteiger charge is -2.33. The van der Waals surface area contributed by atoms with Crippen LogP contribution in [0.25, 0.3) is 0 Å². The minimum atomic E-state index is -0.430. The molecule has 2 fully saturated rings. The van der Waals surface area contributed by atoms with Gasteiger partial charge in [-0.1, -0.05) is 0 Å². The minimum absolute atomic E-state index is 0.0424. The molecule has 1 aromatic heterocycles. The molecule has 0 radical (unpaired) electrons. The highest BCUT2D eigenvalue weighted by molar-refractivity contribution is 7.17. The maximum absolute atomic E-state index is 12.6. The van der Waals surface area contributed by atoms with Crippen LogP contribution < -0.4 is 11.1 Å². The van der Waals surface area contributed by atoms with E-state index in [2.05, 4.69) is 15.1 Å². The Labute approximate surface area is 176 Å². The van der Waals surface area contributed by atoms with Crippen LogP contribution in [0.1, 0.15) is 46.5 Å². The first kappa shape index (κ1) is 20.8. The van der Waals surface area contributed by atoms with Crippen LogP contribution in [0, 0.1) is 5.92 Å². The lowest BCUT2D eigenvalue weighted by molar-refractivity contribution is -0.117. The zero-order chi connectivity index (χ0) is 20.2. The summed E-state index contributed by atoms with van der Waals surface area (Å²) in [6, 6.07) is 0. The van der Waals surface area contributed by atoms with Gasteiger partial charge in [-0.2, -0.15) is 0 Å². The topological polar surface area (TPSA) is 87.9 Å². The van der Waals surface area contributed by atoms with Gasteiger partial charge >= 0.3 is 0 Å². The third-order valence-corrected chi connectivity index (χ3v) is 7.66. The molecule has 7 nitrogen and oxygen atoms in total. The number of hydrogen-bond acceptors (Lipinski definition) is 6. The van der Waals surface area contributed by atoms with Crippen molar-refractivity contribution in [1.29, 1.82) is 0 Å². The number of ether oxygens (including phenoxy) is 1. The fourth-order valence-corrected chi connectivity index (χ4v) is 6.06. The highest BCUT2D eigenvalue weighted by atomic mass is 32.1. The number of hydrogen-bond donors (Lipinski definition) is 2. The van der Waals surface area contributed by atoms with Crippen LogP contribution in [0.4, 0.5) is 5.00 Å². The quantitative estimate of drug-likeness (QED) is 0.701. The molecule has 3 aliphatic rings. The van der Waals surface area contributed by atoms with Gasteiger partial charge in [0.1, 0.15) is 5.00 Å². The molecule has 0 atom stereocenters. The summed E-state index contributed by atoms with van der Waals surface area (Å²) in [5.41, 5.74) is 7.18. The summed E-state index contributed by atoms with van der Waals surface area (Å²) >= 11 is 1.52. The average Bonchev–Trinajstić information content (AvgIpc) is 3.28. The lowest BCUT2D eigenvalue weighted by atomic mass is 9.93. The molecule has 29 heavy (non-hydrogen) atoms. The van der Waals surface area contributed by atoms with Crippen LogP contribution in [0.15, 0.2) is 0 Å². The van der Waals surface area contributed by atoms with Gasteiger partial charge in [0.2, 0.25) is 5.91 Å². The molecule has 0 bridgehead atoms. The largest absolute Gasteiger partial charge is 0.379 e. The van der Waals surface area contributed by atoms with Gasteiger partial charge < -0.3 is 15.8 Å². The fourth-order valence-electron chi connectivity index (χ4n) is 4.75. The summed E-state index contributed by atoms with van der Waals surface area (Å²) in [6.07, 6.45) is 6.47. The standard InChI is InChI=1S/C21H32N4O3S/c22-20(27)19-16-2-1-3-17(16)29-21(19)23-18(26)14-25-8-5-15(6-9-25)4-7-24-10-12-28-13-11-24/h15H,1-14H2,(H2,22,27)(H,23,26). The number of anilines is 1. The molecule has 2 aliphatic heterocycles. The van der Waals surface area contributed by atoms with Crippen LogP contribution in [0.5, 0.6) is 0 Å². The van der Waals surface area contributed by atoms with E-state index in [9.17, 15) is 9.59 Å². The number of morpholine rings is 1. The van der Waals surface area contributed by atoms with Crippen molar-refractivity contribution < 1.29 is 14.3 Å². The van der Waals surface area contributed by atoms with Gasteiger partial charge in [0.05, 0.1) is 25.3 Å². The number of aryl methyl sites for hydroxylation is 1. The van der Waals surface area contributed by atoms with Gasteiger partial charge in [0.25, 0.3) is 5.91 Å². The summed E-state index contributed by atoms with van der Waals surface area (Å²) in [7, 11) is 0. The summed E-state index contributed by atoms with van der Waals surface area (Å²) in [6.45, 7) is 7.30. The van der Waals surface area contributed by atoms with Crippen LogP contribution in [-0.2, 0) is 22.4 Å². The fraction of sp³-hybridized carbons (Fsp3) is 0.714. The molecule has 8 heteroatoms. The summed E-state index contributed by atoms with van der Waals surface area (Å²) < 4.78 is 5.41. The Kier molecular flexibility index (Phi) is 6.85. The van der Waals surface area contributed by atoms with Crippen molar-refractivity contribution in [3.05, 3.63) is 16.0 Å². The van der Waals surface area contributed by atoms with Gasteiger partial charge in [-0.05, 0) is 69.6 Å². The second-order valence-electron chi connectivity index (χ2n) is 8.44. The van der Waals surface area contributed by atoms with Crippen LogP contribution >= 0.6 is 11.3 Å². The molecule has 2 saturated heterocycles. The van der Waals surface area contributed by atoms with E-state index in [1.807, 2.05) is 0 Å². The number of carbonyl (C=O) groups is 2. The van der Waals surface area contributed by atoms with E-state index in [1.54, 1.807) is 0 Å². The normalized spacial score (nSPS) is 21.2. The van der Waals surface area contributed by atoms with Crippen molar-refractivity contribution in [3.8, 4) is 0 Å². The van der Waals surface area contributed by atoms with Crippen molar-refractivity contribution in [2.45, 2.75) is 38.5 Å². The molecular formula is C21H32N4O3S. The van der Waals surface area contributed by atoms with E-state index in [1.165, 1.54) is 22.6 Å². The van der Waals surface area contributed by atoms with E-state index in [0.29, 0.717) is 17.1 Å². The third kappa shape index (κ3) is 5.17. The predicted molar refractivity (Wildman–Crippen MR) is 115 cm³/mol. The molecular weight excluding hydrogens is 388 g/mol. The Morgan fingerprint density at radius 1 is 1.10 bits per heavy atom. The second-order valence-corrected chi connectivity index (χ2v) is 9.54. The van der Waals surface area contributed by atoms with E-state index < -0.39 is 5.91 Å². The second kappa shape index (κ2) is 9.55. The molecule has 2 amide bonds. The van der Waals surface area contributed by atoms with E-state index in [-0.39, 0.29) is 5.91 Å². The molecule has 1 aromatic rings. The van der Waals surface area contributed by atoms with E-state index in [4.69, 9.17) is 10.5 Å². The molecule has 1 aliphatic carbocycles. The first-order chi connectivity index (χ1) is 14.1. The van der Waals surface area contributed by atoms with Crippen molar-refractivity contribution in [2.75, 3.05) is 57.8 Å². The Morgan fingerprint density at radius 3 is 2.59 bits per heavy atom. The maximum atomic E-state index is 12.6. The Bertz CT molecular complexity index is 737. The summed E-state index contributed by atoms with van der Waals surface area (Å²) in [4.78, 5) is 30.4. The summed E-state index contributed by atoms with van der Waals surface area (Å²) in [5.74, 6) is 0.277. The van der Waals surface area contributed by atoms with E-state index in [0.717, 1.165) is 89.5 Å². The Balaban J connectivity index is 1.22. The molecule has 0 aromatic carbocycles. The Morgan fingerprint density at radius 2 is 1.86 bits per heavy atom. The van der Waals surface area contributed by atoms with Crippen LogP contribution in [0.2, 0.25) is 0 Å². The zero-order valence-electron chi connectivity index (χ0n) is 17.1. The molecule has 3 N–H and O–H groups in total. The van der Waals surface area contributed by atoms with Crippen molar-refractivity contribution in [1.82, 2.24) is 9.80 Å². The van der Waals surface area contributed by atoms with Crippen LogP contribution in [0.3, 0.4) is 0 Å². The monoisotopic (exact) mass is 420 g/mol. The number of nitrogens with one attached hydrogen (secondary N) is 1. The van der Waals surface area contributed by atoms with Crippen molar-refractivity contribution in [2.24, 2.45) is 11.7 Å². The number of fused-ring (bicyclic) bond motifs is 1. The number of piperidine rings is 1. The number of likely N-dealkylation sites (tertiary alicyclic amines) is 1. The van der Waals surface area contributed by atoms with Gasteiger partial charge in [0, 0.05) is 18.0 Å². The van der Waals surface area contributed by atoms with E-state index >= 15 is 0 Å². The Hall–Kier alpha value is -1.48. The number of amides is 2. The molecule has 3 heterocycles. The van der Waals surface area contributed by atoms with Gasteiger partial charge in [0.15, 0.2) is 0 Å². The number of primary amides is 1. The highest BCUT2D eigenvalue weighted by Gasteiger charge is 2.27. The number of nitrogens with zero attached hydrogens (tertiary/aromatic N) is 2. The number of nitrogens with two attached hydrogens (primary N) is 1. The van der Waals surface area contributed by atoms with Crippen LogP contribution in [-0.4, -0.2) is 74.1 Å². The molecule has 0 unspecified atom stereocenters. The van der Waals surface area contributed by atoms with Crippen molar-refractivity contribution >= 4 is 28.2 Å². The smallest absolute Gasteiger partial charge is 0.251 e. The number of thiophene rings is 1. The summed E-state index contributed by atoms with van der Waals surface area (Å²) in [5, 5.41) is 3.61. The zero-order valence-corrected chi connectivity index (χ0v) is 17.9.